The third-order valence-corrected chi connectivity index (χ3v) is 3.18. The molecule has 2 aromatic rings. The van der Waals surface area contributed by atoms with Crippen molar-refractivity contribution in [3.8, 4) is 11.5 Å². The van der Waals surface area contributed by atoms with Crippen LogP contribution in [0.3, 0.4) is 0 Å². The Bertz CT molecular complexity index is 613. The van der Waals surface area contributed by atoms with Crippen molar-refractivity contribution in [3.05, 3.63) is 52.8 Å². The molecule has 104 valence electrons. The van der Waals surface area contributed by atoms with E-state index < -0.39 is 0 Å². The molecule has 20 heavy (non-hydrogen) atoms. The highest BCUT2D eigenvalue weighted by atomic mass is 35.5. The summed E-state index contributed by atoms with van der Waals surface area (Å²) in [6.07, 6.45) is 0. The molecular weight excluding hydrogens is 281 g/mol. The minimum atomic E-state index is -0.359. The predicted molar refractivity (Wildman–Crippen MR) is 76.2 cm³/mol. The van der Waals surface area contributed by atoms with Gasteiger partial charge in [-0.2, -0.15) is 0 Å². The third kappa shape index (κ3) is 2.96. The highest BCUT2D eigenvalue weighted by Crippen LogP contribution is 2.31. The number of benzene rings is 2. The molecule has 1 heterocycles. The van der Waals surface area contributed by atoms with Crippen LogP contribution in [0.5, 0.6) is 11.5 Å². The van der Waals surface area contributed by atoms with Gasteiger partial charge >= 0.3 is 0 Å². The van der Waals surface area contributed by atoms with E-state index in [1.54, 1.807) is 6.07 Å². The summed E-state index contributed by atoms with van der Waals surface area (Å²) in [5.41, 5.74) is 1.67. The fourth-order valence-electron chi connectivity index (χ4n) is 2.06. The van der Waals surface area contributed by atoms with Crippen molar-refractivity contribution < 1.29 is 13.9 Å². The van der Waals surface area contributed by atoms with Gasteiger partial charge in [0.1, 0.15) is 19.0 Å². The van der Waals surface area contributed by atoms with Crippen molar-refractivity contribution in [2.75, 3.05) is 18.5 Å². The number of rotatable bonds is 3. The Kier molecular flexibility index (Phi) is 3.65. The molecule has 0 amide bonds. The molecule has 0 spiro atoms. The van der Waals surface area contributed by atoms with Crippen LogP contribution in [0.15, 0.2) is 36.4 Å². The van der Waals surface area contributed by atoms with Crippen LogP contribution in [-0.4, -0.2) is 13.2 Å². The van der Waals surface area contributed by atoms with E-state index in [2.05, 4.69) is 5.32 Å². The summed E-state index contributed by atoms with van der Waals surface area (Å²) in [6.45, 7) is 1.69. The number of halogens is 2. The van der Waals surface area contributed by atoms with Gasteiger partial charge in [-0.05, 0) is 35.9 Å². The Morgan fingerprint density at radius 3 is 2.65 bits per heavy atom. The third-order valence-electron chi connectivity index (χ3n) is 2.97. The predicted octanol–water partition coefficient (Wildman–Crippen LogP) is 3.86. The molecule has 1 aliphatic rings. The van der Waals surface area contributed by atoms with Crippen LogP contribution in [0.1, 0.15) is 5.56 Å². The topological polar surface area (TPSA) is 30.5 Å². The SMILES string of the molecule is Fc1cc(Cl)cc(NCc2ccc3c(c2)OCCO3)c1. The van der Waals surface area contributed by atoms with Gasteiger partial charge in [0.05, 0.1) is 0 Å². The fraction of sp³-hybridized carbons (Fsp3) is 0.200. The van der Waals surface area contributed by atoms with Gasteiger partial charge in [-0.3, -0.25) is 0 Å². The number of hydrogen-bond donors (Lipinski definition) is 1. The number of anilines is 1. The summed E-state index contributed by atoms with van der Waals surface area (Å²) in [7, 11) is 0. The van der Waals surface area contributed by atoms with E-state index in [1.807, 2.05) is 18.2 Å². The molecule has 0 bridgehead atoms. The van der Waals surface area contributed by atoms with E-state index in [0.29, 0.717) is 30.5 Å². The maximum Gasteiger partial charge on any atom is 0.161 e. The van der Waals surface area contributed by atoms with E-state index in [0.717, 1.165) is 17.1 Å². The standard InChI is InChI=1S/C15H13ClFNO2/c16-11-6-12(17)8-13(7-11)18-9-10-1-2-14-15(5-10)20-4-3-19-14/h1-2,5-8,18H,3-4,9H2. The minimum absolute atomic E-state index is 0.359. The van der Waals surface area contributed by atoms with Crippen molar-refractivity contribution in [2.24, 2.45) is 0 Å². The molecule has 5 heteroatoms. The van der Waals surface area contributed by atoms with Crippen LogP contribution in [0.4, 0.5) is 10.1 Å². The zero-order valence-electron chi connectivity index (χ0n) is 10.7. The Morgan fingerprint density at radius 2 is 1.85 bits per heavy atom. The van der Waals surface area contributed by atoms with E-state index in [-0.39, 0.29) is 5.82 Å². The van der Waals surface area contributed by atoms with Crippen molar-refractivity contribution in [3.63, 3.8) is 0 Å². The lowest BCUT2D eigenvalue weighted by Gasteiger charge is -2.19. The van der Waals surface area contributed by atoms with E-state index >= 15 is 0 Å². The maximum absolute atomic E-state index is 13.2. The van der Waals surface area contributed by atoms with E-state index in [4.69, 9.17) is 21.1 Å². The molecule has 1 aliphatic heterocycles. The summed E-state index contributed by atoms with van der Waals surface area (Å²) >= 11 is 5.81. The summed E-state index contributed by atoms with van der Waals surface area (Å²) in [5, 5.41) is 3.50. The number of ether oxygens (including phenoxy) is 2. The lowest BCUT2D eigenvalue weighted by Crippen LogP contribution is -2.15. The first-order chi connectivity index (χ1) is 9.70. The Morgan fingerprint density at radius 1 is 1.05 bits per heavy atom. The van der Waals surface area contributed by atoms with Gasteiger partial charge in [0.2, 0.25) is 0 Å². The van der Waals surface area contributed by atoms with Gasteiger partial charge in [-0.15, -0.1) is 0 Å². The molecule has 0 aliphatic carbocycles. The second-order valence-corrected chi connectivity index (χ2v) is 4.93. The van der Waals surface area contributed by atoms with Crippen LogP contribution in [0.25, 0.3) is 0 Å². The molecule has 0 aromatic heterocycles. The van der Waals surface area contributed by atoms with Gasteiger partial charge in [-0.1, -0.05) is 17.7 Å². The minimum Gasteiger partial charge on any atom is -0.486 e. The molecule has 2 aromatic carbocycles. The van der Waals surface area contributed by atoms with E-state index in [1.165, 1.54) is 12.1 Å². The summed E-state index contributed by atoms with van der Waals surface area (Å²) < 4.78 is 24.2. The smallest absolute Gasteiger partial charge is 0.161 e. The molecule has 0 fully saturated rings. The second kappa shape index (κ2) is 5.59. The average Bonchev–Trinajstić information content (AvgIpc) is 2.44. The van der Waals surface area contributed by atoms with Gasteiger partial charge < -0.3 is 14.8 Å². The van der Waals surface area contributed by atoms with Crippen molar-refractivity contribution in [2.45, 2.75) is 6.54 Å². The normalized spacial score (nSPS) is 13.1. The van der Waals surface area contributed by atoms with Crippen LogP contribution in [0, 0.1) is 5.82 Å². The monoisotopic (exact) mass is 293 g/mol. The highest BCUT2D eigenvalue weighted by Gasteiger charge is 2.11. The number of fused-ring (bicyclic) bond motifs is 1. The molecule has 0 unspecified atom stereocenters. The summed E-state index contributed by atoms with van der Waals surface area (Å²) in [5.74, 6) is 1.14. The second-order valence-electron chi connectivity index (χ2n) is 4.49. The van der Waals surface area contributed by atoms with Crippen LogP contribution >= 0.6 is 11.6 Å². The quantitative estimate of drug-likeness (QED) is 0.932. The van der Waals surface area contributed by atoms with Gasteiger partial charge in [0, 0.05) is 17.3 Å². The van der Waals surface area contributed by atoms with Crippen LogP contribution < -0.4 is 14.8 Å². The van der Waals surface area contributed by atoms with E-state index in [9.17, 15) is 4.39 Å². The lowest BCUT2D eigenvalue weighted by molar-refractivity contribution is 0.171. The average molecular weight is 294 g/mol. The first kappa shape index (κ1) is 13.1. The molecule has 0 saturated heterocycles. The zero-order chi connectivity index (χ0) is 13.9. The van der Waals surface area contributed by atoms with Crippen LogP contribution in [-0.2, 0) is 6.54 Å². The molecule has 1 N–H and O–H groups in total. The lowest BCUT2D eigenvalue weighted by atomic mass is 10.2. The molecule has 0 radical (unpaired) electrons. The first-order valence-electron chi connectivity index (χ1n) is 6.29. The number of nitrogens with one attached hydrogen (secondary N) is 1. The zero-order valence-corrected chi connectivity index (χ0v) is 11.4. The summed E-state index contributed by atoms with van der Waals surface area (Å²) in [4.78, 5) is 0. The molecule has 3 rings (SSSR count). The largest absolute Gasteiger partial charge is 0.486 e. The van der Waals surface area contributed by atoms with Gasteiger partial charge in [-0.25, -0.2) is 4.39 Å². The van der Waals surface area contributed by atoms with Crippen molar-refractivity contribution >= 4 is 17.3 Å². The Balaban J connectivity index is 1.71. The molecule has 0 atom stereocenters. The maximum atomic E-state index is 13.2. The molecule has 0 saturated carbocycles. The van der Waals surface area contributed by atoms with Crippen LogP contribution in [0.2, 0.25) is 5.02 Å². The fourth-order valence-corrected chi connectivity index (χ4v) is 2.28. The van der Waals surface area contributed by atoms with Gasteiger partial charge in [0.15, 0.2) is 11.5 Å². The summed E-state index contributed by atoms with van der Waals surface area (Å²) in [6, 6.07) is 10.1. The Labute approximate surface area is 121 Å². The van der Waals surface area contributed by atoms with Crippen molar-refractivity contribution in [1.29, 1.82) is 0 Å². The highest BCUT2D eigenvalue weighted by molar-refractivity contribution is 6.30. The first-order valence-corrected chi connectivity index (χ1v) is 6.67. The molecule has 3 nitrogen and oxygen atoms in total. The Hall–Kier alpha value is -1.94. The van der Waals surface area contributed by atoms with Crippen molar-refractivity contribution in [1.82, 2.24) is 0 Å². The molecular formula is C15H13ClFNO2. The van der Waals surface area contributed by atoms with Gasteiger partial charge in [0.25, 0.3) is 0 Å². The number of hydrogen-bond acceptors (Lipinski definition) is 3.